The number of carbonyl (C=O) groups excluding carboxylic acids is 1. The van der Waals surface area contributed by atoms with Gasteiger partial charge in [0.25, 0.3) is 0 Å². The lowest BCUT2D eigenvalue weighted by Crippen LogP contribution is -2.36. The van der Waals surface area contributed by atoms with Crippen LogP contribution in [0.15, 0.2) is 0 Å². The molecule has 1 fully saturated rings. The monoisotopic (exact) mass is 253 g/mol. The number of aliphatic hydroxyl groups excluding tert-OH is 1. The van der Waals surface area contributed by atoms with Crippen molar-refractivity contribution in [2.45, 2.75) is 12.5 Å². The molecule has 15 heavy (non-hydrogen) atoms. The van der Waals surface area contributed by atoms with Gasteiger partial charge in [0.15, 0.2) is 9.84 Å². The molecule has 7 heteroatoms. The van der Waals surface area contributed by atoms with Crippen LogP contribution in [0.25, 0.3) is 0 Å². The number of amides is 1. The van der Waals surface area contributed by atoms with Gasteiger partial charge in [-0.15, -0.1) is 11.8 Å². The van der Waals surface area contributed by atoms with Crippen molar-refractivity contribution >= 4 is 27.5 Å². The molecule has 1 aliphatic rings. The van der Waals surface area contributed by atoms with Gasteiger partial charge in [-0.1, -0.05) is 0 Å². The molecule has 1 saturated heterocycles. The third-order valence-electron chi connectivity index (χ3n) is 2.07. The van der Waals surface area contributed by atoms with E-state index in [2.05, 4.69) is 5.32 Å². The van der Waals surface area contributed by atoms with Crippen molar-refractivity contribution in [2.75, 3.05) is 29.6 Å². The van der Waals surface area contributed by atoms with Crippen molar-refractivity contribution < 1.29 is 18.3 Å². The van der Waals surface area contributed by atoms with Gasteiger partial charge in [0.05, 0.1) is 23.9 Å². The lowest BCUT2D eigenvalue weighted by atomic mass is 10.3. The van der Waals surface area contributed by atoms with E-state index < -0.39 is 9.84 Å². The van der Waals surface area contributed by atoms with Crippen LogP contribution >= 0.6 is 11.8 Å². The van der Waals surface area contributed by atoms with Crippen LogP contribution in [0.5, 0.6) is 0 Å². The van der Waals surface area contributed by atoms with Crippen LogP contribution in [-0.2, 0) is 14.6 Å². The minimum absolute atomic E-state index is 0.0513. The zero-order valence-electron chi connectivity index (χ0n) is 8.31. The van der Waals surface area contributed by atoms with Gasteiger partial charge >= 0.3 is 0 Å². The van der Waals surface area contributed by atoms with Crippen molar-refractivity contribution in [1.82, 2.24) is 5.32 Å². The quantitative estimate of drug-likeness (QED) is 0.615. The molecule has 0 bridgehead atoms. The maximum atomic E-state index is 11.3. The molecule has 1 amide bonds. The topological polar surface area (TPSA) is 83.5 Å². The van der Waals surface area contributed by atoms with E-state index in [1.807, 2.05) is 0 Å². The second kappa shape index (κ2) is 5.72. The summed E-state index contributed by atoms with van der Waals surface area (Å²) in [7, 11) is -2.93. The van der Waals surface area contributed by atoms with Crippen LogP contribution in [0.1, 0.15) is 6.42 Å². The van der Waals surface area contributed by atoms with Gasteiger partial charge in [-0.05, 0) is 6.42 Å². The van der Waals surface area contributed by atoms with Crippen molar-refractivity contribution in [2.24, 2.45) is 0 Å². The van der Waals surface area contributed by atoms with Gasteiger partial charge < -0.3 is 10.4 Å². The zero-order chi connectivity index (χ0) is 11.3. The number of hydrogen-bond donors (Lipinski definition) is 2. The molecule has 1 heterocycles. The predicted octanol–water partition coefficient (Wildman–Crippen LogP) is -0.985. The number of thioether (sulfide) groups is 1. The van der Waals surface area contributed by atoms with Crippen molar-refractivity contribution in [3.05, 3.63) is 0 Å². The van der Waals surface area contributed by atoms with Crippen LogP contribution in [0.4, 0.5) is 0 Å². The minimum Gasteiger partial charge on any atom is -0.396 e. The highest BCUT2D eigenvalue weighted by Crippen LogP contribution is 2.11. The zero-order valence-corrected chi connectivity index (χ0v) is 9.94. The van der Waals surface area contributed by atoms with Gasteiger partial charge in [0, 0.05) is 11.8 Å². The standard InChI is InChI=1S/C8H15NO4S2/c10-2-3-14-5-8(11)9-7-1-4-15(12,13)6-7/h7,10H,1-6H2,(H,9,11). The van der Waals surface area contributed by atoms with Crippen LogP contribution < -0.4 is 5.32 Å². The molecule has 88 valence electrons. The van der Waals surface area contributed by atoms with Gasteiger partial charge in [0.1, 0.15) is 0 Å². The Kier molecular flexibility index (Phi) is 4.88. The first-order valence-electron chi connectivity index (χ1n) is 4.72. The molecule has 1 atom stereocenters. The smallest absolute Gasteiger partial charge is 0.230 e. The maximum Gasteiger partial charge on any atom is 0.230 e. The average molecular weight is 253 g/mol. The fourth-order valence-corrected chi connectivity index (χ4v) is 3.62. The number of nitrogens with one attached hydrogen (secondary N) is 1. The predicted molar refractivity (Wildman–Crippen MR) is 59.6 cm³/mol. The number of carbonyl (C=O) groups is 1. The first-order chi connectivity index (χ1) is 7.03. The van der Waals surface area contributed by atoms with Crippen LogP contribution in [0, 0.1) is 0 Å². The summed E-state index contributed by atoms with van der Waals surface area (Å²) in [5.74, 6) is 0.870. The molecule has 1 aliphatic heterocycles. The van der Waals surface area contributed by atoms with E-state index in [1.54, 1.807) is 0 Å². The van der Waals surface area contributed by atoms with Gasteiger partial charge in [-0.3, -0.25) is 4.79 Å². The molecule has 0 saturated carbocycles. The van der Waals surface area contributed by atoms with E-state index in [1.165, 1.54) is 11.8 Å². The Morgan fingerprint density at radius 3 is 2.80 bits per heavy atom. The average Bonchev–Trinajstić information content (AvgIpc) is 2.46. The number of sulfone groups is 1. The van der Waals surface area contributed by atoms with Crippen LogP contribution in [0.3, 0.4) is 0 Å². The fourth-order valence-electron chi connectivity index (χ4n) is 1.41. The number of rotatable bonds is 5. The molecule has 2 N–H and O–H groups in total. The van der Waals surface area contributed by atoms with Crippen molar-refractivity contribution in [1.29, 1.82) is 0 Å². The highest BCUT2D eigenvalue weighted by atomic mass is 32.2. The Bertz CT molecular complexity index is 315. The molecular formula is C8H15NO4S2. The van der Waals surface area contributed by atoms with E-state index in [0.29, 0.717) is 12.2 Å². The largest absolute Gasteiger partial charge is 0.396 e. The summed E-state index contributed by atoms with van der Waals surface area (Å²) in [6, 6.07) is -0.225. The highest BCUT2D eigenvalue weighted by Gasteiger charge is 2.28. The van der Waals surface area contributed by atoms with Crippen LogP contribution in [-0.4, -0.2) is 55.1 Å². The van der Waals surface area contributed by atoms with Crippen LogP contribution in [0.2, 0.25) is 0 Å². The molecule has 0 aromatic carbocycles. The Morgan fingerprint density at radius 2 is 2.27 bits per heavy atom. The lowest BCUT2D eigenvalue weighted by molar-refractivity contribution is -0.119. The van der Waals surface area contributed by atoms with E-state index in [9.17, 15) is 13.2 Å². The summed E-state index contributed by atoms with van der Waals surface area (Å²) in [5, 5.41) is 11.2. The lowest BCUT2D eigenvalue weighted by Gasteiger charge is -2.09. The fraction of sp³-hybridized carbons (Fsp3) is 0.875. The second-order valence-corrected chi connectivity index (χ2v) is 6.78. The molecule has 0 aromatic heterocycles. The molecule has 0 spiro atoms. The Morgan fingerprint density at radius 1 is 1.53 bits per heavy atom. The van der Waals surface area contributed by atoms with E-state index >= 15 is 0 Å². The third-order valence-corrected chi connectivity index (χ3v) is 4.77. The molecule has 0 radical (unpaired) electrons. The van der Waals surface area contributed by atoms with Crippen molar-refractivity contribution in [3.8, 4) is 0 Å². The molecule has 0 aliphatic carbocycles. The summed E-state index contributed by atoms with van der Waals surface area (Å²) >= 11 is 1.33. The molecule has 5 nitrogen and oxygen atoms in total. The summed E-state index contributed by atoms with van der Waals surface area (Å²) < 4.78 is 22.2. The maximum absolute atomic E-state index is 11.3. The molecule has 0 aromatic rings. The number of aliphatic hydroxyl groups is 1. The van der Waals surface area contributed by atoms with Gasteiger partial charge in [0.2, 0.25) is 5.91 Å². The van der Waals surface area contributed by atoms with E-state index in [0.717, 1.165) is 0 Å². The Hall–Kier alpha value is -0.270. The van der Waals surface area contributed by atoms with E-state index in [-0.39, 0.29) is 35.8 Å². The summed E-state index contributed by atoms with van der Waals surface area (Å²) in [5.41, 5.74) is 0. The summed E-state index contributed by atoms with van der Waals surface area (Å²) in [6.45, 7) is 0.0513. The molecular weight excluding hydrogens is 238 g/mol. The minimum atomic E-state index is -2.93. The first-order valence-corrected chi connectivity index (χ1v) is 7.69. The van der Waals surface area contributed by atoms with Crippen molar-refractivity contribution in [3.63, 3.8) is 0 Å². The second-order valence-electron chi connectivity index (χ2n) is 3.44. The Labute approximate surface area is 93.5 Å². The third kappa shape index (κ3) is 4.85. The summed E-state index contributed by atoms with van der Waals surface area (Å²) in [4.78, 5) is 11.3. The molecule has 1 unspecified atom stereocenters. The Balaban J connectivity index is 2.22. The van der Waals surface area contributed by atoms with Gasteiger partial charge in [-0.25, -0.2) is 8.42 Å². The number of hydrogen-bond acceptors (Lipinski definition) is 5. The summed E-state index contributed by atoms with van der Waals surface area (Å²) in [6.07, 6.45) is 0.513. The molecule has 1 rings (SSSR count). The SMILES string of the molecule is O=C(CSCCO)NC1CCS(=O)(=O)C1. The highest BCUT2D eigenvalue weighted by molar-refractivity contribution is 7.99. The normalized spacial score (nSPS) is 23.9. The van der Waals surface area contributed by atoms with Gasteiger partial charge in [-0.2, -0.15) is 0 Å². The van der Waals surface area contributed by atoms with E-state index in [4.69, 9.17) is 5.11 Å². The first kappa shape index (κ1) is 12.8.